The summed E-state index contributed by atoms with van der Waals surface area (Å²) in [4.78, 5) is 18.8. The van der Waals surface area contributed by atoms with Gasteiger partial charge in [0.15, 0.2) is 0 Å². The monoisotopic (exact) mass is 433 g/mol. The number of ether oxygens (including phenoxy) is 1. The molecule has 32 heavy (non-hydrogen) atoms. The molecule has 2 bridgehead atoms. The molecule has 1 amide bonds. The third-order valence-corrected chi connectivity index (χ3v) is 8.48. The zero-order chi connectivity index (χ0) is 21.7. The van der Waals surface area contributed by atoms with Crippen LogP contribution in [0.5, 0.6) is 0 Å². The molecule has 5 heteroatoms. The zero-order valence-corrected chi connectivity index (χ0v) is 19.2. The Morgan fingerprint density at radius 1 is 1.16 bits per heavy atom. The summed E-state index contributed by atoms with van der Waals surface area (Å²) in [5.41, 5.74) is 3.50. The average molecular weight is 434 g/mol. The first kappa shape index (κ1) is 20.5. The maximum absolute atomic E-state index is 13.8. The molecule has 6 rings (SSSR count). The van der Waals surface area contributed by atoms with E-state index in [1.807, 2.05) is 6.07 Å². The molecular weight excluding hydrogens is 398 g/mol. The van der Waals surface area contributed by atoms with Crippen LogP contribution >= 0.6 is 0 Å². The Labute approximate surface area is 191 Å². The van der Waals surface area contributed by atoms with Gasteiger partial charge in [-0.05, 0) is 74.1 Å². The largest absolute Gasteiger partial charge is 0.383 e. The highest BCUT2D eigenvalue weighted by Crippen LogP contribution is 2.45. The van der Waals surface area contributed by atoms with E-state index in [4.69, 9.17) is 4.74 Å². The molecule has 1 aromatic heterocycles. The third-order valence-electron chi connectivity index (χ3n) is 8.48. The van der Waals surface area contributed by atoms with Crippen molar-refractivity contribution in [2.45, 2.75) is 57.2 Å². The minimum absolute atomic E-state index is 0.209. The van der Waals surface area contributed by atoms with Crippen LogP contribution in [0.1, 0.15) is 48.9 Å². The minimum Gasteiger partial charge on any atom is -0.383 e. The molecule has 0 spiro atoms. The number of amides is 1. The molecule has 4 atom stereocenters. The van der Waals surface area contributed by atoms with E-state index in [0.29, 0.717) is 24.5 Å². The summed E-state index contributed by atoms with van der Waals surface area (Å²) in [7, 11) is 1.73. The van der Waals surface area contributed by atoms with Gasteiger partial charge in [0.25, 0.3) is 5.91 Å². The topological polar surface area (TPSA) is 37.7 Å². The van der Waals surface area contributed by atoms with Crippen LogP contribution in [0.3, 0.4) is 0 Å². The number of aromatic nitrogens is 1. The SMILES string of the molecule is COCCn1ccc2ccc(C(=O)N3CCCC4=C[C@H]5C[C@H](CN6CCCC[C@H]56)[C@H]43)cc21. The Kier molecular flexibility index (Phi) is 5.34. The number of fused-ring (bicyclic) bond motifs is 7. The van der Waals surface area contributed by atoms with E-state index in [-0.39, 0.29) is 5.91 Å². The van der Waals surface area contributed by atoms with Crippen LogP contribution in [-0.2, 0) is 11.3 Å². The van der Waals surface area contributed by atoms with Crippen molar-refractivity contribution in [2.24, 2.45) is 11.8 Å². The van der Waals surface area contributed by atoms with Gasteiger partial charge >= 0.3 is 0 Å². The van der Waals surface area contributed by atoms with E-state index in [1.54, 1.807) is 12.7 Å². The summed E-state index contributed by atoms with van der Waals surface area (Å²) in [6.07, 6.45) is 12.3. The Hall–Kier alpha value is -2.11. The summed E-state index contributed by atoms with van der Waals surface area (Å²) in [5.74, 6) is 1.50. The van der Waals surface area contributed by atoms with Crippen LogP contribution in [-0.4, -0.2) is 65.7 Å². The van der Waals surface area contributed by atoms with Gasteiger partial charge in [0.1, 0.15) is 0 Å². The van der Waals surface area contributed by atoms with Crippen molar-refractivity contribution in [3.8, 4) is 0 Å². The van der Waals surface area contributed by atoms with Crippen molar-refractivity contribution in [3.05, 3.63) is 47.7 Å². The first-order valence-corrected chi connectivity index (χ1v) is 12.6. The molecule has 1 aliphatic carbocycles. The highest BCUT2D eigenvalue weighted by molar-refractivity contribution is 5.98. The smallest absolute Gasteiger partial charge is 0.254 e. The van der Waals surface area contributed by atoms with Gasteiger partial charge in [0, 0.05) is 50.1 Å². The molecule has 4 aliphatic rings. The molecule has 5 nitrogen and oxygen atoms in total. The predicted molar refractivity (Wildman–Crippen MR) is 127 cm³/mol. The molecule has 0 N–H and O–H groups in total. The van der Waals surface area contributed by atoms with Gasteiger partial charge in [0.05, 0.1) is 12.6 Å². The van der Waals surface area contributed by atoms with Gasteiger partial charge in [-0.15, -0.1) is 0 Å². The van der Waals surface area contributed by atoms with Gasteiger partial charge in [-0.2, -0.15) is 0 Å². The fourth-order valence-electron chi connectivity index (χ4n) is 7.07. The maximum Gasteiger partial charge on any atom is 0.254 e. The average Bonchev–Trinajstić information content (AvgIpc) is 3.24. The van der Waals surface area contributed by atoms with E-state index in [1.165, 1.54) is 50.6 Å². The van der Waals surface area contributed by atoms with Crippen molar-refractivity contribution in [1.82, 2.24) is 14.4 Å². The van der Waals surface area contributed by atoms with Gasteiger partial charge in [0.2, 0.25) is 0 Å². The normalized spacial score (nSPS) is 30.0. The number of hydrogen-bond donors (Lipinski definition) is 0. The molecule has 0 saturated carbocycles. The van der Waals surface area contributed by atoms with Gasteiger partial charge in [-0.3, -0.25) is 9.69 Å². The fraction of sp³-hybridized carbons (Fsp3) is 0.593. The Bertz CT molecular complexity index is 1040. The number of piperidine rings is 3. The molecule has 1 aromatic carbocycles. The number of nitrogens with zero attached hydrogens (tertiary/aromatic N) is 3. The number of benzene rings is 1. The second-order valence-corrected chi connectivity index (χ2v) is 10.3. The van der Waals surface area contributed by atoms with Crippen molar-refractivity contribution in [1.29, 1.82) is 0 Å². The van der Waals surface area contributed by atoms with Gasteiger partial charge < -0.3 is 14.2 Å². The quantitative estimate of drug-likeness (QED) is 0.674. The lowest BCUT2D eigenvalue weighted by Gasteiger charge is -2.54. The molecule has 3 fully saturated rings. The Morgan fingerprint density at radius 3 is 3.00 bits per heavy atom. The molecule has 3 saturated heterocycles. The van der Waals surface area contributed by atoms with Crippen molar-refractivity contribution < 1.29 is 9.53 Å². The standard InChI is InChI=1S/C27H35N3O2/c1-32-14-13-28-12-9-19-7-8-21(17-25(19)28)27(31)30-11-4-5-20-15-22-16-23(26(20)30)18-29-10-3-2-6-24(22)29/h7-9,12,15,17,22-24,26H,2-6,10-11,13-14,16,18H2,1H3/t22-,23+,24+,26-/m0/s1. The summed E-state index contributed by atoms with van der Waals surface area (Å²) in [5, 5.41) is 1.18. The molecule has 0 radical (unpaired) electrons. The second kappa shape index (κ2) is 8.35. The predicted octanol–water partition coefficient (Wildman–Crippen LogP) is 4.32. The summed E-state index contributed by atoms with van der Waals surface area (Å²) < 4.78 is 7.46. The molecule has 4 heterocycles. The third kappa shape index (κ3) is 3.41. The molecule has 0 unspecified atom stereocenters. The highest BCUT2D eigenvalue weighted by Gasteiger charge is 2.47. The number of likely N-dealkylation sites (tertiary alicyclic amines) is 1. The number of hydrogen-bond acceptors (Lipinski definition) is 3. The number of carbonyl (C=O) groups is 1. The Balaban J connectivity index is 1.30. The highest BCUT2D eigenvalue weighted by atomic mass is 16.5. The Morgan fingerprint density at radius 2 is 2.09 bits per heavy atom. The van der Waals surface area contributed by atoms with E-state index < -0.39 is 0 Å². The lowest BCUT2D eigenvalue weighted by molar-refractivity contribution is 0.00148. The number of rotatable bonds is 4. The molecule has 3 aliphatic heterocycles. The lowest BCUT2D eigenvalue weighted by Crippen LogP contribution is -2.60. The van der Waals surface area contributed by atoms with Crippen molar-refractivity contribution in [2.75, 3.05) is 33.4 Å². The van der Waals surface area contributed by atoms with E-state index >= 15 is 0 Å². The van der Waals surface area contributed by atoms with E-state index in [0.717, 1.165) is 36.6 Å². The van der Waals surface area contributed by atoms with Crippen LogP contribution in [0, 0.1) is 11.8 Å². The number of methoxy groups -OCH3 is 1. The molecule has 170 valence electrons. The van der Waals surface area contributed by atoms with Crippen molar-refractivity contribution >= 4 is 16.8 Å². The molecular formula is C27H35N3O2. The van der Waals surface area contributed by atoms with Crippen LogP contribution in [0.25, 0.3) is 10.9 Å². The first-order chi connectivity index (χ1) is 15.7. The summed E-state index contributed by atoms with van der Waals surface area (Å²) >= 11 is 0. The van der Waals surface area contributed by atoms with Crippen LogP contribution in [0.4, 0.5) is 0 Å². The van der Waals surface area contributed by atoms with E-state index in [2.05, 4.69) is 44.8 Å². The van der Waals surface area contributed by atoms with Gasteiger partial charge in [-0.25, -0.2) is 0 Å². The van der Waals surface area contributed by atoms with Crippen LogP contribution < -0.4 is 0 Å². The fourth-order valence-corrected chi connectivity index (χ4v) is 7.07. The summed E-state index contributed by atoms with van der Waals surface area (Å²) in [6.45, 7) is 4.78. The number of carbonyl (C=O) groups excluding carboxylic acids is 1. The molecule has 2 aromatic rings. The summed E-state index contributed by atoms with van der Waals surface area (Å²) in [6, 6.07) is 9.39. The minimum atomic E-state index is 0.209. The van der Waals surface area contributed by atoms with Crippen molar-refractivity contribution in [3.63, 3.8) is 0 Å². The van der Waals surface area contributed by atoms with Crippen LogP contribution in [0.2, 0.25) is 0 Å². The van der Waals surface area contributed by atoms with E-state index in [9.17, 15) is 4.79 Å². The maximum atomic E-state index is 13.8. The lowest BCUT2D eigenvalue weighted by atomic mass is 9.68. The zero-order valence-electron chi connectivity index (χ0n) is 19.2. The second-order valence-electron chi connectivity index (χ2n) is 10.3. The van der Waals surface area contributed by atoms with Crippen LogP contribution in [0.15, 0.2) is 42.1 Å². The van der Waals surface area contributed by atoms with Gasteiger partial charge in [-0.1, -0.05) is 24.1 Å². The first-order valence-electron chi connectivity index (χ1n) is 12.6.